The zero-order chi connectivity index (χ0) is 9.14. The summed E-state index contributed by atoms with van der Waals surface area (Å²) in [6, 6.07) is 0.291. The lowest BCUT2D eigenvalue weighted by Crippen LogP contribution is -2.00. The monoisotopic (exact) mass is 170 g/mol. The average molecular weight is 170 g/mol. The molecule has 1 aromatic rings. The van der Waals surface area contributed by atoms with Crippen LogP contribution in [0, 0.1) is 0 Å². The largest absolute Gasteiger partial charge is 0.480 e. The van der Waals surface area contributed by atoms with Gasteiger partial charge in [-0.15, -0.1) is 5.10 Å². The first-order valence-electron chi connectivity index (χ1n) is 3.92. The summed E-state index contributed by atoms with van der Waals surface area (Å²) >= 11 is 0. The Balaban J connectivity index is 2.97. The minimum Gasteiger partial charge on any atom is -0.480 e. The van der Waals surface area contributed by atoms with E-state index in [0.717, 1.165) is 5.56 Å². The maximum absolute atomic E-state index is 8.91. The van der Waals surface area contributed by atoms with Gasteiger partial charge in [0.2, 0.25) is 5.88 Å². The second-order valence-electron chi connectivity index (χ2n) is 2.90. The molecule has 0 spiro atoms. The maximum atomic E-state index is 8.91. The predicted octanol–water partition coefficient (Wildman–Crippen LogP) is 0.965. The molecule has 68 valence electrons. The van der Waals surface area contributed by atoms with E-state index in [-0.39, 0.29) is 6.61 Å². The molecule has 0 saturated heterocycles. The number of nitrogens with zero attached hydrogens (tertiary/aromatic N) is 2. The van der Waals surface area contributed by atoms with Gasteiger partial charge in [0.05, 0.1) is 19.3 Å². The topological polar surface area (TPSA) is 47.3 Å². The minimum atomic E-state index is -0.0319. The highest BCUT2D eigenvalue weighted by Crippen LogP contribution is 2.17. The molecule has 1 N–H and O–H groups in total. The molecule has 1 heterocycles. The van der Waals surface area contributed by atoms with Crippen LogP contribution in [0.5, 0.6) is 5.88 Å². The first-order valence-corrected chi connectivity index (χ1v) is 3.92. The van der Waals surface area contributed by atoms with Gasteiger partial charge in [0.25, 0.3) is 0 Å². The molecule has 0 aliphatic rings. The molecule has 0 atom stereocenters. The summed E-state index contributed by atoms with van der Waals surface area (Å²) in [6.07, 6.45) is 1.80. The summed E-state index contributed by atoms with van der Waals surface area (Å²) in [5.74, 6) is 0.506. The molecule has 0 bridgehead atoms. The first-order chi connectivity index (χ1) is 5.69. The van der Waals surface area contributed by atoms with Gasteiger partial charge in [-0.05, 0) is 13.8 Å². The SMILES string of the molecule is COc1nn(C(C)C)cc1CO. The number of aliphatic hydroxyl groups is 1. The number of ether oxygens (including phenoxy) is 1. The van der Waals surface area contributed by atoms with Gasteiger partial charge in [0.1, 0.15) is 0 Å². The predicted molar refractivity (Wildman–Crippen MR) is 45.1 cm³/mol. The molecule has 12 heavy (non-hydrogen) atoms. The Kier molecular flexibility index (Phi) is 2.70. The van der Waals surface area contributed by atoms with E-state index < -0.39 is 0 Å². The summed E-state index contributed by atoms with van der Waals surface area (Å²) in [6.45, 7) is 4.01. The molecule has 0 unspecified atom stereocenters. The fourth-order valence-electron chi connectivity index (χ4n) is 0.958. The van der Waals surface area contributed by atoms with Crippen molar-refractivity contribution in [3.8, 4) is 5.88 Å². The summed E-state index contributed by atoms with van der Waals surface area (Å²) in [5.41, 5.74) is 0.728. The molecule has 0 aliphatic heterocycles. The third-order valence-corrected chi connectivity index (χ3v) is 1.66. The van der Waals surface area contributed by atoms with Crippen molar-refractivity contribution >= 4 is 0 Å². The highest BCUT2D eigenvalue weighted by Gasteiger charge is 2.09. The molecule has 1 rings (SSSR count). The maximum Gasteiger partial charge on any atom is 0.238 e. The highest BCUT2D eigenvalue weighted by atomic mass is 16.5. The van der Waals surface area contributed by atoms with Crippen molar-refractivity contribution in [1.82, 2.24) is 9.78 Å². The molecule has 4 heteroatoms. The van der Waals surface area contributed by atoms with Gasteiger partial charge in [0, 0.05) is 12.2 Å². The van der Waals surface area contributed by atoms with Crippen LogP contribution in [0.25, 0.3) is 0 Å². The van der Waals surface area contributed by atoms with E-state index >= 15 is 0 Å². The van der Waals surface area contributed by atoms with E-state index in [1.807, 2.05) is 13.8 Å². The Labute approximate surface area is 71.8 Å². The molecule has 0 amide bonds. The lowest BCUT2D eigenvalue weighted by Gasteiger charge is -2.02. The quantitative estimate of drug-likeness (QED) is 0.735. The number of hydrogen-bond donors (Lipinski definition) is 1. The smallest absolute Gasteiger partial charge is 0.238 e. The fourth-order valence-corrected chi connectivity index (χ4v) is 0.958. The lowest BCUT2D eigenvalue weighted by molar-refractivity contribution is 0.273. The minimum absolute atomic E-state index is 0.0319. The van der Waals surface area contributed by atoms with Crippen LogP contribution < -0.4 is 4.74 Å². The van der Waals surface area contributed by atoms with Crippen LogP contribution in [0.3, 0.4) is 0 Å². The molecule has 0 radical (unpaired) electrons. The Morgan fingerprint density at radius 1 is 1.67 bits per heavy atom. The number of aromatic nitrogens is 2. The lowest BCUT2D eigenvalue weighted by atomic mass is 10.3. The van der Waals surface area contributed by atoms with Crippen LogP contribution in [0.4, 0.5) is 0 Å². The Hall–Kier alpha value is -1.03. The van der Waals surface area contributed by atoms with Gasteiger partial charge in [-0.2, -0.15) is 0 Å². The van der Waals surface area contributed by atoms with E-state index in [4.69, 9.17) is 9.84 Å². The van der Waals surface area contributed by atoms with Crippen molar-refractivity contribution in [1.29, 1.82) is 0 Å². The van der Waals surface area contributed by atoms with Crippen LogP contribution in [0.1, 0.15) is 25.5 Å². The molecule has 0 aromatic carbocycles. The second-order valence-corrected chi connectivity index (χ2v) is 2.90. The molecule has 4 nitrogen and oxygen atoms in total. The Morgan fingerprint density at radius 3 is 2.67 bits per heavy atom. The number of aliphatic hydroxyl groups excluding tert-OH is 1. The van der Waals surface area contributed by atoms with Crippen molar-refractivity contribution < 1.29 is 9.84 Å². The van der Waals surface area contributed by atoms with Crippen molar-refractivity contribution in [2.45, 2.75) is 26.5 Å². The standard InChI is InChI=1S/C8H14N2O2/c1-6(2)10-4-7(5-11)8(9-10)12-3/h4,6,11H,5H2,1-3H3. The van der Waals surface area contributed by atoms with E-state index in [9.17, 15) is 0 Å². The van der Waals surface area contributed by atoms with E-state index in [1.54, 1.807) is 18.0 Å². The first kappa shape index (κ1) is 9.06. The van der Waals surface area contributed by atoms with Gasteiger partial charge >= 0.3 is 0 Å². The van der Waals surface area contributed by atoms with Gasteiger partial charge in [-0.1, -0.05) is 0 Å². The number of rotatable bonds is 3. The summed E-state index contributed by atoms with van der Waals surface area (Å²) in [7, 11) is 1.55. The molecular weight excluding hydrogens is 156 g/mol. The number of methoxy groups -OCH3 is 1. The second kappa shape index (κ2) is 3.58. The fraction of sp³-hybridized carbons (Fsp3) is 0.625. The van der Waals surface area contributed by atoms with Gasteiger partial charge in [-0.25, -0.2) is 0 Å². The van der Waals surface area contributed by atoms with Crippen LogP contribution in [-0.4, -0.2) is 22.0 Å². The van der Waals surface area contributed by atoms with E-state index in [2.05, 4.69) is 5.10 Å². The van der Waals surface area contributed by atoms with Crippen molar-refractivity contribution in [2.24, 2.45) is 0 Å². The van der Waals surface area contributed by atoms with Gasteiger partial charge < -0.3 is 9.84 Å². The molecule has 0 aliphatic carbocycles. The van der Waals surface area contributed by atoms with Crippen LogP contribution >= 0.6 is 0 Å². The van der Waals surface area contributed by atoms with Gasteiger partial charge in [0.15, 0.2) is 0 Å². The molecule has 1 aromatic heterocycles. The average Bonchev–Trinajstić information content (AvgIpc) is 2.46. The highest BCUT2D eigenvalue weighted by molar-refractivity contribution is 5.22. The molecular formula is C8H14N2O2. The van der Waals surface area contributed by atoms with E-state index in [1.165, 1.54) is 0 Å². The Bertz CT molecular complexity index is 234. The van der Waals surface area contributed by atoms with Gasteiger partial charge in [-0.3, -0.25) is 4.68 Å². The number of hydrogen-bond acceptors (Lipinski definition) is 3. The third kappa shape index (κ3) is 1.58. The van der Waals surface area contributed by atoms with Crippen LogP contribution in [0.2, 0.25) is 0 Å². The van der Waals surface area contributed by atoms with Crippen molar-refractivity contribution in [3.63, 3.8) is 0 Å². The molecule has 0 saturated carbocycles. The summed E-state index contributed by atoms with van der Waals surface area (Å²) in [4.78, 5) is 0. The molecule has 0 fully saturated rings. The Morgan fingerprint density at radius 2 is 2.33 bits per heavy atom. The zero-order valence-electron chi connectivity index (χ0n) is 7.61. The zero-order valence-corrected chi connectivity index (χ0v) is 7.61. The normalized spacial score (nSPS) is 10.8. The van der Waals surface area contributed by atoms with Crippen LogP contribution in [0.15, 0.2) is 6.20 Å². The van der Waals surface area contributed by atoms with Crippen LogP contribution in [-0.2, 0) is 6.61 Å². The third-order valence-electron chi connectivity index (χ3n) is 1.66. The van der Waals surface area contributed by atoms with Crippen molar-refractivity contribution in [2.75, 3.05) is 7.11 Å². The summed E-state index contributed by atoms with van der Waals surface area (Å²) in [5, 5.41) is 13.0. The summed E-state index contributed by atoms with van der Waals surface area (Å²) < 4.78 is 6.74. The van der Waals surface area contributed by atoms with Crippen molar-refractivity contribution in [3.05, 3.63) is 11.8 Å². The van der Waals surface area contributed by atoms with E-state index in [0.29, 0.717) is 11.9 Å².